The summed E-state index contributed by atoms with van der Waals surface area (Å²) >= 11 is 0. The number of benzene rings is 5. The van der Waals surface area contributed by atoms with E-state index in [-0.39, 0.29) is 69.4 Å². The number of amides is 1. The van der Waals surface area contributed by atoms with Gasteiger partial charge in [-0.25, -0.2) is 9.18 Å². The van der Waals surface area contributed by atoms with E-state index in [9.17, 15) is 29.5 Å². The Labute approximate surface area is 407 Å². The van der Waals surface area contributed by atoms with Gasteiger partial charge in [0, 0.05) is 49.8 Å². The van der Waals surface area contributed by atoms with Crippen LogP contribution in [0.1, 0.15) is 74.5 Å². The molecule has 366 valence electrons. The van der Waals surface area contributed by atoms with Gasteiger partial charge in [0.1, 0.15) is 35.7 Å². The fourth-order valence-electron chi connectivity index (χ4n) is 10.4. The quantitative estimate of drug-likeness (QED) is 0.0295. The lowest BCUT2D eigenvalue weighted by molar-refractivity contribution is -0.384. The largest absolute Gasteiger partial charge is 0.459 e. The van der Waals surface area contributed by atoms with Crippen LogP contribution in [0.25, 0.3) is 11.1 Å². The van der Waals surface area contributed by atoms with Crippen molar-refractivity contribution >= 4 is 17.5 Å². The van der Waals surface area contributed by atoms with Crippen LogP contribution in [0.5, 0.6) is 17.2 Å². The van der Waals surface area contributed by atoms with Crippen LogP contribution in [0.3, 0.4) is 0 Å². The van der Waals surface area contributed by atoms with E-state index >= 15 is 0 Å². The lowest BCUT2D eigenvalue weighted by Crippen LogP contribution is -2.70. The zero-order chi connectivity index (χ0) is 49.0. The second-order valence-corrected chi connectivity index (χ2v) is 17.9. The number of rotatable bonds is 22. The highest BCUT2D eigenvalue weighted by Gasteiger charge is 2.65. The minimum Gasteiger partial charge on any atom is -0.459 e. The predicted octanol–water partition coefficient (Wildman–Crippen LogP) is 11.7. The molecule has 0 bridgehead atoms. The number of aliphatic hydroxyl groups excluding tert-OH is 2. The summed E-state index contributed by atoms with van der Waals surface area (Å²) in [7, 11) is 0. The van der Waals surface area contributed by atoms with E-state index in [2.05, 4.69) is 24.8 Å². The van der Waals surface area contributed by atoms with E-state index in [0.717, 1.165) is 47.9 Å². The molecule has 0 unspecified atom stereocenters. The highest BCUT2D eigenvalue weighted by atomic mass is 19.1. The Morgan fingerprint density at radius 3 is 2.27 bits per heavy atom. The number of non-ortho nitro benzene ring substituents is 1. The first-order valence-corrected chi connectivity index (χ1v) is 24.1. The third-order valence-electron chi connectivity index (χ3n) is 13.5. The Kier molecular flexibility index (Phi) is 16.4. The Morgan fingerprint density at radius 1 is 0.900 bits per heavy atom. The summed E-state index contributed by atoms with van der Waals surface area (Å²) < 4.78 is 41.2. The van der Waals surface area contributed by atoms with Crippen molar-refractivity contribution < 1.29 is 48.1 Å². The van der Waals surface area contributed by atoms with Gasteiger partial charge in [0.25, 0.3) is 5.69 Å². The van der Waals surface area contributed by atoms with Crippen LogP contribution < -0.4 is 9.47 Å². The monoisotopic (exact) mass is 953 g/mol. The van der Waals surface area contributed by atoms with Crippen molar-refractivity contribution in [2.75, 3.05) is 26.4 Å². The van der Waals surface area contributed by atoms with E-state index in [1.54, 1.807) is 42.2 Å². The molecule has 5 aromatic carbocycles. The minimum absolute atomic E-state index is 0.00110. The summed E-state index contributed by atoms with van der Waals surface area (Å²) in [5, 5.41) is 36.3. The molecule has 0 radical (unpaired) electrons. The van der Waals surface area contributed by atoms with Crippen LogP contribution in [-0.2, 0) is 27.5 Å². The fourth-order valence-corrected chi connectivity index (χ4v) is 10.4. The molecule has 5 aromatic rings. The number of carbonyl (C=O) groups excluding carboxylic acids is 1. The van der Waals surface area contributed by atoms with Crippen molar-refractivity contribution in [1.29, 1.82) is 0 Å². The molecule has 0 spiro atoms. The SMILES string of the molecule is C=CCO[C@@]12Oc3ccc(Oc4ccc(-c5ccccc5)cc4)cc3[C@H]3[C@H](CCCCO)[C@@H](CCCCO)C=C(C(=NOCc4ccc([N+](=O)[O-])cc4)C[C@@H]1N(Cc1ccc(F)cc1)C(=O)OCC)[C@H]32. The Morgan fingerprint density at radius 2 is 1.59 bits per heavy atom. The summed E-state index contributed by atoms with van der Waals surface area (Å²) in [6.45, 7) is 5.97. The highest BCUT2D eigenvalue weighted by molar-refractivity contribution is 6.03. The third kappa shape index (κ3) is 11.1. The first-order valence-electron chi connectivity index (χ1n) is 24.1. The van der Waals surface area contributed by atoms with Crippen LogP contribution in [-0.4, -0.2) is 70.1 Å². The maximum Gasteiger partial charge on any atom is 0.410 e. The normalized spacial score (nSPS) is 21.6. The number of ether oxygens (including phenoxy) is 4. The molecular formula is C56H60FN3O10. The fraction of sp³-hybridized carbons (Fsp3) is 0.357. The molecule has 70 heavy (non-hydrogen) atoms. The average molecular weight is 954 g/mol. The number of carbonyl (C=O) groups is 1. The summed E-state index contributed by atoms with van der Waals surface area (Å²) in [5.74, 6) is -1.27. The molecule has 0 aromatic heterocycles. The lowest BCUT2D eigenvalue weighted by atomic mass is 9.55. The number of allylic oxidation sites excluding steroid dienone is 1. The molecular weight excluding hydrogens is 894 g/mol. The van der Waals surface area contributed by atoms with E-state index in [0.29, 0.717) is 46.9 Å². The molecule has 1 aliphatic heterocycles. The Balaban J connectivity index is 1.30. The first kappa shape index (κ1) is 49.5. The number of unbranched alkanes of at least 4 members (excludes halogenated alkanes) is 2. The number of hydrogen-bond acceptors (Lipinski definition) is 11. The van der Waals surface area contributed by atoms with Crippen LogP contribution in [0, 0.1) is 33.7 Å². The minimum atomic E-state index is -1.58. The van der Waals surface area contributed by atoms with Gasteiger partial charge in [0.2, 0.25) is 5.79 Å². The molecule has 1 fully saturated rings. The van der Waals surface area contributed by atoms with Gasteiger partial charge in [-0.3, -0.25) is 15.0 Å². The van der Waals surface area contributed by atoms with E-state index < -0.39 is 34.6 Å². The van der Waals surface area contributed by atoms with Crippen LogP contribution in [0.4, 0.5) is 14.9 Å². The van der Waals surface area contributed by atoms with Crippen LogP contribution in [0.15, 0.2) is 151 Å². The molecule has 14 heteroatoms. The molecule has 1 saturated carbocycles. The van der Waals surface area contributed by atoms with E-state index in [4.69, 9.17) is 28.9 Å². The number of halogens is 1. The van der Waals surface area contributed by atoms with Gasteiger partial charge in [-0.15, -0.1) is 6.58 Å². The zero-order valence-electron chi connectivity index (χ0n) is 39.4. The molecule has 1 heterocycles. The average Bonchev–Trinajstić information content (AvgIpc) is 3.37. The number of fused-ring (bicyclic) bond motifs is 2. The number of oxime groups is 1. The van der Waals surface area contributed by atoms with Crippen molar-refractivity contribution in [1.82, 2.24) is 4.90 Å². The first-order chi connectivity index (χ1) is 34.2. The molecule has 13 nitrogen and oxygen atoms in total. The molecule has 8 rings (SSSR count). The summed E-state index contributed by atoms with van der Waals surface area (Å²) in [4.78, 5) is 33.2. The second kappa shape index (κ2) is 23.2. The number of nitro benzene ring substituents is 1. The van der Waals surface area contributed by atoms with Crippen molar-refractivity contribution in [2.24, 2.45) is 22.9 Å². The zero-order valence-corrected chi connectivity index (χ0v) is 39.4. The van der Waals surface area contributed by atoms with E-state index in [1.807, 2.05) is 60.7 Å². The molecule has 0 saturated heterocycles. The van der Waals surface area contributed by atoms with E-state index in [1.165, 1.54) is 24.3 Å². The smallest absolute Gasteiger partial charge is 0.410 e. The van der Waals surface area contributed by atoms with Crippen LogP contribution in [0.2, 0.25) is 0 Å². The van der Waals surface area contributed by atoms with Gasteiger partial charge in [-0.1, -0.05) is 84.7 Å². The van der Waals surface area contributed by atoms with Crippen molar-refractivity contribution in [3.8, 4) is 28.4 Å². The number of nitro groups is 1. The van der Waals surface area contributed by atoms with Crippen molar-refractivity contribution in [2.45, 2.75) is 82.8 Å². The number of hydrogen-bond donors (Lipinski definition) is 2. The van der Waals surface area contributed by atoms with Crippen molar-refractivity contribution in [3.63, 3.8) is 0 Å². The Hall–Kier alpha value is -6.87. The third-order valence-corrected chi connectivity index (χ3v) is 13.5. The van der Waals surface area contributed by atoms with Gasteiger partial charge in [-0.2, -0.15) is 0 Å². The summed E-state index contributed by atoms with van der Waals surface area (Å²) in [5.41, 5.74) is 5.65. The number of aliphatic hydroxyl groups is 2. The number of nitrogens with zero attached hydrogens (tertiary/aromatic N) is 3. The topological polar surface area (TPSA) is 162 Å². The van der Waals surface area contributed by atoms with Crippen molar-refractivity contribution in [3.05, 3.63) is 178 Å². The molecule has 6 atom stereocenters. The second-order valence-electron chi connectivity index (χ2n) is 17.9. The summed E-state index contributed by atoms with van der Waals surface area (Å²) in [6, 6.07) is 34.9. The maximum absolute atomic E-state index is 14.5. The summed E-state index contributed by atoms with van der Waals surface area (Å²) in [6.07, 6.45) is 7.50. The molecule has 2 N–H and O–H groups in total. The molecule has 2 aliphatic carbocycles. The van der Waals surface area contributed by atoms with Gasteiger partial charge >= 0.3 is 6.09 Å². The van der Waals surface area contributed by atoms with Gasteiger partial charge in [0.05, 0.1) is 29.8 Å². The van der Waals surface area contributed by atoms with Gasteiger partial charge in [-0.05, 0) is 127 Å². The highest BCUT2D eigenvalue weighted by Crippen LogP contribution is 2.62. The van der Waals surface area contributed by atoms with Crippen LogP contribution >= 0.6 is 0 Å². The van der Waals surface area contributed by atoms with Gasteiger partial charge in [0.15, 0.2) is 0 Å². The molecule has 3 aliphatic rings. The standard InChI is InChI=1S/C56H60FN3O10/c1-3-32-67-56-52(59(55(63)66-4-2)36-38-16-22-43(57)23-17-38)35-50(58-68-37-39-18-24-44(25-19-39)60(64)65)48-33-42(14-8-10-30-61)47(15-9-11-31-62)53(54(48)56)49-34-46(28-29-51(49)70-56)69-45-26-20-41(21-27-45)40-12-6-5-7-13-40/h3,5-7,12-13,16-29,33-34,42,47,52-54,61-62H,1,4,8-11,14-15,30-32,35-37H2,2H3/t42-,47+,52-,53+,54+,56+/m0/s1. The maximum atomic E-state index is 14.5. The Bertz CT molecular complexity index is 2630. The molecule has 1 amide bonds. The lowest BCUT2D eigenvalue weighted by Gasteiger charge is -2.59. The predicted molar refractivity (Wildman–Crippen MR) is 264 cm³/mol. The van der Waals surface area contributed by atoms with Gasteiger partial charge < -0.3 is 34.0 Å².